The van der Waals surface area contributed by atoms with Crippen molar-refractivity contribution < 1.29 is 34.1 Å². The molecule has 0 saturated carbocycles. The Morgan fingerprint density at radius 3 is 2.02 bits per heavy atom. The van der Waals surface area contributed by atoms with Gasteiger partial charge in [0.1, 0.15) is 34.9 Å². The molecule has 0 fully saturated rings. The number of benzene rings is 3. The number of aromatic hydroxyl groups is 2. The van der Waals surface area contributed by atoms with E-state index in [0.29, 0.717) is 22.6 Å². The molecule has 42 heavy (non-hydrogen) atoms. The molecule has 3 amide bonds. The summed E-state index contributed by atoms with van der Waals surface area (Å²) >= 11 is 0. The third-order valence-corrected chi connectivity index (χ3v) is 6.10. The number of amides is 3. The van der Waals surface area contributed by atoms with Crippen LogP contribution in [0.1, 0.15) is 37.9 Å². The molecule has 0 radical (unpaired) electrons. The van der Waals surface area contributed by atoms with Crippen molar-refractivity contribution >= 4 is 23.6 Å². The number of hydrogen-bond acceptors (Lipinski definition) is 7. The Morgan fingerprint density at radius 2 is 1.50 bits per heavy atom. The van der Waals surface area contributed by atoms with Gasteiger partial charge in [-0.2, -0.15) is 0 Å². The Kier molecular flexibility index (Phi) is 10.6. The third kappa shape index (κ3) is 9.02. The number of methoxy groups -OCH3 is 1. The van der Waals surface area contributed by atoms with E-state index < -0.39 is 35.6 Å². The summed E-state index contributed by atoms with van der Waals surface area (Å²) in [5.41, 5.74) is 0.742. The zero-order valence-electron chi connectivity index (χ0n) is 24.2. The van der Waals surface area contributed by atoms with Crippen LogP contribution in [-0.4, -0.2) is 58.3 Å². The first-order chi connectivity index (χ1) is 19.9. The summed E-state index contributed by atoms with van der Waals surface area (Å²) in [6, 6.07) is 16.6. The number of carbonyl (C=O) groups is 3. The highest BCUT2D eigenvalue weighted by atomic mass is 16.6. The number of phenolic OH excluding ortho intramolecular Hbond substituents is 2. The maximum absolute atomic E-state index is 14.2. The predicted octanol–water partition coefficient (Wildman–Crippen LogP) is 4.94. The van der Waals surface area contributed by atoms with Crippen LogP contribution in [0.25, 0.3) is 0 Å². The van der Waals surface area contributed by atoms with Crippen molar-refractivity contribution in [3.63, 3.8) is 0 Å². The van der Waals surface area contributed by atoms with Crippen LogP contribution < -0.4 is 15.4 Å². The molecule has 2 unspecified atom stereocenters. The second-order valence-electron chi connectivity index (χ2n) is 10.6. The second-order valence-corrected chi connectivity index (χ2v) is 10.6. The van der Waals surface area contributed by atoms with E-state index in [9.17, 15) is 24.6 Å². The number of nitrogens with one attached hydrogen (secondary N) is 2. The van der Waals surface area contributed by atoms with Gasteiger partial charge in [0.05, 0.1) is 7.11 Å². The van der Waals surface area contributed by atoms with Crippen LogP contribution in [0.5, 0.6) is 17.2 Å². The van der Waals surface area contributed by atoms with Gasteiger partial charge in [0, 0.05) is 18.7 Å². The third-order valence-electron chi connectivity index (χ3n) is 6.10. The smallest absolute Gasteiger partial charge is 0.408 e. The molecule has 0 aromatic heterocycles. The first-order valence-electron chi connectivity index (χ1n) is 13.3. The monoisotopic (exact) mass is 575 g/mol. The lowest BCUT2D eigenvalue weighted by molar-refractivity contribution is -0.140. The minimum atomic E-state index is -1.17. The highest BCUT2D eigenvalue weighted by molar-refractivity contribution is 5.99. The summed E-state index contributed by atoms with van der Waals surface area (Å²) in [6.07, 6.45) is 0.730. The van der Waals surface area contributed by atoms with Crippen LogP contribution in [0, 0.1) is 0 Å². The summed E-state index contributed by atoms with van der Waals surface area (Å²) in [5.74, 6) is -0.445. The quantitative estimate of drug-likeness (QED) is 0.238. The number of nitrogens with zero attached hydrogens (tertiary/aromatic N) is 1. The predicted molar refractivity (Wildman–Crippen MR) is 159 cm³/mol. The van der Waals surface area contributed by atoms with E-state index in [1.165, 1.54) is 42.4 Å². The number of ether oxygens (including phenoxy) is 2. The molecular formula is C32H37N3O7. The van der Waals surface area contributed by atoms with Crippen molar-refractivity contribution in [2.45, 2.75) is 44.9 Å². The van der Waals surface area contributed by atoms with Crippen LogP contribution in [0.2, 0.25) is 0 Å². The van der Waals surface area contributed by atoms with Crippen LogP contribution in [0.4, 0.5) is 10.5 Å². The summed E-state index contributed by atoms with van der Waals surface area (Å²) in [7, 11) is 1.53. The number of alkyl carbamates (subject to hydrolysis) is 1. The van der Waals surface area contributed by atoms with E-state index >= 15 is 0 Å². The van der Waals surface area contributed by atoms with Crippen LogP contribution in [0.3, 0.4) is 0 Å². The molecule has 3 aromatic carbocycles. The first-order valence-corrected chi connectivity index (χ1v) is 13.3. The Labute approximate surface area is 245 Å². The standard InChI is InChI=1S/C32H37N3O7/c1-6-19-35(30(39)27(34-31(40)42-32(2,3)4)20-21-7-13-24(36)14-8-21)28(22-9-15-25(37)16-10-22)29(38)33-23-11-17-26(41-5)18-12-23/h6-18,27-28,36-37H,1,19-20H2,2-5H3,(H,33,38)(H,34,40). The van der Waals surface area contributed by atoms with Gasteiger partial charge in [-0.05, 0) is 80.4 Å². The lowest BCUT2D eigenvalue weighted by Gasteiger charge is -2.34. The lowest BCUT2D eigenvalue weighted by atomic mass is 10.00. The van der Waals surface area contributed by atoms with Gasteiger partial charge in [-0.3, -0.25) is 9.59 Å². The van der Waals surface area contributed by atoms with Gasteiger partial charge in [-0.25, -0.2) is 4.79 Å². The number of rotatable bonds is 11. The number of anilines is 1. The van der Waals surface area contributed by atoms with Gasteiger partial charge in [-0.1, -0.05) is 30.3 Å². The molecular weight excluding hydrogens is 538 g/mol. The fraction of sp³-hybridized carbons (Fsp3) is 0.281. The normalized spacial score (nSPS) is 12.4. The molecule has 0 spiro atoms. The van der Waals surface area contributed by atoms with Crippen molar-refractivity contribution in [3.8, 4) is 17.2 Å². The van der Waals surface area contributed by atoms with Crippen molar-refractivity contribution in [1.82, 2.24) is 10.2 Å². The minimum absolute atomic E-state index is 0.00791. The van der Waals surface area contributed by atoms with Crippen LogP contribution >= 0.6 is 0 Å². The maximum atomic E-state index is 14.2. The molecule has 10 nitrogen and oxygen atoms in total. The molecule has 0 aliphatic heterocycles. The van der Waals surface area contributed by atoms with Gasteiger partial charge in [0.2, 0.25) is 5.91 Å². The molecule has 4 N–H and O–H groups in total. The van der Waals surface area contributed by atoms with E-state index in [1.54, 1.807) is 69.3 Å². The van der Waals surface area contributed by atoms with Crippen molar-refractivity contribution in [3.05, 3.63) is 96.6 Å². The average Bonchev–Trinajstić information content (AvgIpc) is 2.93. The van der Waals surface area contributed by atoms with Crippen LogP contribution in [-0.2, 0) is 20.7 Å². The van der Waals surface area contributed by atoms with Gasteiger partial charge >= 0.3 is 6.09 Å². The van der Waals surface area contributed by atoms with Crippen LogP contribution in [0.15, 0.2) is 85.5 Å². The zero-order valence-corrected chi connectivity index (χ0v) is 24.2. The summed E-state index contributed by atoms with van der Waals surface area (Å²) < 4.78 is 10.6. The molecule has 3 rings (SSSR count). The SMILES string of the molecule is C=CCN(C(=O)C(Cc1ccc(O)cc1)NC(=O)OC(C)(C)C)C(C(=O)Nc1ccc(OC)cc1)c1ccc(O)cc1. The van der Waals surface area contributed by atoms with Gasteiger partial charge < -0.3 is 35.2 Å². The Bertz CT molecular complexity index is 1370. The van der Waals surface area contributed by atoms with Gasteiger partial charge in [-0.15, -0.1) is 6.58 Å². The molecule has 10 heteroatoms. The highest BCUT2D eigenvalue weighted by Crippen LogP contribution is 2.27. The average molecular weight is 576 g/mol. The molecule has 0 aliphatic rings. The van der Waals surface area contributed by atoms with E-state index in [4.69, 9.17) is 9.47 Å². The number of carbonyl (C=O) groups excluding carboxylic acids is 3. The number of phenols is 2. The van der Waals surface area contributed by atoms with E-state index in [1.807, 2.05) is 0 Å². The van der Waals surface area contributed by atoms with Gasteiger partial charge in [0.25, 0.3) is 5.91 Å². The molecule has 0 saturated heterocycles. The Balaban J connectivity index is 2.02. The van der Waals surface area contributed by atoms with Crippen molar-refractivity contribution in [2.24, 2.45) is 0 Å². The highest BCUT2D eigenvalue weighted by Gasteiger charge is 2.36. The summed E-state index contributed by atoms with van der Waals surface area (Å²) in [5, 5.41) is 25.1. The molecule has 3 aromatic rings. The van der Waals surface area contributed by atoms with Crippen molar-refractivity contribution in [2.75, 3.05) is 19.0 Å². The number of hydrogen-bond donors (Lipinski definition) is 4. The van der Waals surface area contributed by atoms with Crippen molar-refractivity contribution in [1.29, 1.82) is 0 Å². The fourth-order valence-corrected chi connectivity index (χ4v) is 4.19. The summed E-state index contributed by atoms with van der Waals surface area (Å²) in [4.78, 5) is 42.2. The second kappa shape index (κ2) is 14.1. The molecule has 0 bridgehead atoms. The fourth-order valence-electron chi connectivity index (χ4n) is 4.19. The maximum Gasteiger partial charge on any atom is 0.408 e. The van der Waals surface area contributed by atoms with E-state index in [2.05, 4.69) is 17.2 Å². The molecule has 2 atom stereocenters. The largest absolute Gasteiger partial charge is 0.508 e. The zero-order chi connectivity index (χ0) is 30.9. The Morgan fingerprint density at radius 1 is 0.929 bits per heavy atom. The van der Waals surface area contributed by atoms with E-state index in [-0.39, 0.29) is 24.5 Å². The summed E-state index contributed by atoms with van der Waals surface area (Å²) in [6.45, 7) is 8.86. The lowest BCUT2D eigenvalue weighted by Crippen LogP contribution is -2.53. The van der Waals surface area contributed by atoms with Gasteiger partial charge in [0.15, 0.2) is 0 Å². The Hall–Kier alpha value is -4.99. The van der Waals surface area contributed by atoms with E-state index in [0.717, 1.165) is 0 Å². The molecule has 0 aliphatic carbocycles. The molecule has 222 valence electrons. The molecule has 0 heterocycles. The topological polar surface area (TPSA) is 137 Å². The first kappa shape index (κ1) is 31.5. The minimum Gasteiger partial charge on any atom is -0.508 e.